The predicted octanol–water partition coefficient (Wildman–Crippen LogP) is 18.3. The summed E-state index contributed by atoms with van der Waals surface area (Å²) >= 11 is 0. The van der Waals surface area contributed by atoms with E-state index in [-0.39, 0.29) is 18.5 Å². The van der Waals surface area contributed by atoms with Gasteiger partial charge in [-0.1, -0.05) is 303 Å². The van der Waals surface area contributed by atoms with E-state index in [0.29, 0.717) is 25.9 Å². The fourth-order valence-corrected chi connectivity index (χ4v) is 9.58. The Labute approximate surface area is 406 Å². The van der Waals surface area contributed by atoms with Crippen molar-refractivity contribution in [3.63, 3.8) is 0 Å². The van der Waals surface area contributed by atoms with E-state index in [1.54, 1.807) is 0 Å². The number of ether oxygens (including phenoxy) is 1. The first-order valence-electron chi connectivity index (χ1n) is 29.8. The number of carbonyl (C=O) groups is 2. The Bertz CT molecular complexity index is 928. The summed E-state index contributed by atoms with van der Waals surface area (Å²) in [5.41, 5.74) is 0. The van der Waals surface area contributed by atoms with Gasteiger partial charge in [-0.05, 0) is 25.7 Å². The third-order valence-corrected chi connectivity index (χ3v) is 14.2. The Hall–Kier alpha value is -1.14. The maximum Gasteiger partial charge on any atom is 0.305 e. The van der Waals surface area contributed by atoms with Crippen LogP contribution in [0.3, 0.4) is 0 Å². The maximum atomic E-state index is 12.5. The van der Waals surface area contributed by atoms with Crippen LogP contribution in [0.1, 0.15) is 341 Å². The monoisotopic (exact) mass is 920 g/mol. The first-order valence-corrected chi connectivity index (χ1v) is 29.8. The second-order valence-electron chi connectivity index (χ2n) is 20.7. The molecule has 2 unspecified atom stereocenters. The van der Waals surface area contributed by atoms with Crippen LogP contribution in [0.5, 0.6) is 0 Å². The van der Waals surface area contributed by atoms with E-state index in [1.807, 2.05) is 0 Å². The summed E-state index contributed by atoms with van der Waals surface area (Å²) in [5, 5.41) is 23.3. The van der Waals surface area contributed by atoms with Crippen LogP contribution in [0.25, 0.3) is 0 Å². The van der Waals surface area contributed by atoms with E-state index >= 15 is 0 Å². The molecule has 0 aliphatic rings. The molecule has 6 heteroatoms. The van der Waals surface area contributed by atoms with E-state index in [2.05, 4.69) is 19.2 Å². The zero-order valence-corrected chi connectivity index (χ0v) is 44.3. The van der Waals surface area contributed by atoms with Crippen LogP contribution in [0.2, 0.25) is 0 Å². The third-order valence-electron chi connectivity index (χ3n) is 14.2. The second-order valence-corrected chi connectivity index (χ2v) is 20.7. The molecular weight excluding hydrogens is 803 g/mol. The topological polar surface area (TPSA) is 95.9 Å². The molecule has 388 valence electrons. The summed E-state index contributed by atoms with van der Waals surface area (Å²) < 4.78 is 5.46. The average molecular weight is 921 g/mol. The van der Waals surface area contributed by atoms with E-state index in [9.17, 15) is 19.8 Å². The molecule has 6 nitrogen and oxygen atoms in total. The molecule has 0 spiro atoms. The number of amides is 1. The summed E-state index contributed by atoms with van der Waals surface area (Å²) in [5.74, 6) is -0.0243. The summed E-state index contributed by atoms with van der Waals surface area (Å²) in [6.45, 7) is 4.97. The highest BCUT2D eigenvalue weighted by atomic mass is 16.5. The third kappa shape index (κ3) is 52.1. The van der Waals surface area contributed by atoms with Crippen molar-refractivity contribution in [2.24, 2.45) is 0 Å². The quantitative estimate of drug-likeness (QED) is 0.0417. The van der Waals surface area contributed by atoms with Crippen LogP contribution >= 0.6 is 0 Å². The van der Waals surface area contributed by atoms with Crippen molar-refractivity contribution in [3.05, 3.63) is 0 Å². The van der Waals surface area contributed by atoms with Gasteiger partial charge < -0.3 is 20.3 Å². The van der Waals surface area contributed by atoms with E-state index in [4.69, 9.17) is 4.74 Å². The van der Waals surface area contributed by atoms with Gasteiger partial charge in [0, 0.05) is 12.8 Å². The Kier molecular flexibility index (Phi) is 54.5. The molecule has 0 heterocycles. The number of carbonyl (C=O) groups excluding carboxylic acids is 2. The molecule has 2 atom stereocenters. The van der Waals surface area contributed by atoms with Crippen LogP contribution in [0.15, 0.2) is 0 Å². The zero-order valence-electron chi connectivity index (χ0n) is 44.3. The zero-order chi connectivity index (χ0) is 47.2. The number of esters is 1. The number of unbranched alkanes of at least 4 members (excludes halogenated alkanes) is 45. The van der Waals surface area contributed by atoms with Crippen LogP contribution in [-0.4, -0.2) is 47.4 Å². The number of aliphatic hydroxyl groups is 2. The van der Waals surface area contributed by atoms with Crippen molar-refractivity contribution < 1.29 is 24.5 Å². The van der Waals surface area contributed by atoms with Gasteiger partial charge in [-0.25, -0.2) is 0 Å². The molecule has 0 fully saturated rings. The molecule has 3 N–H and O–H groups in total. The van der Waals surface area contributed by atoms with Gasteiger partial charge in [0.2, 0.25) is 5.91 Å². The summed E-state index contributed by atoms with van der Waals surface area (Å²) in [7, 11) is 0. The molecule has 0 aliphatic heterocycles. The average Bonchev–Trinajstić information content (AvgIpc) is 3.31. The summed E-state index contributed by atoms with van der Waals surface area (Å²) in [6, 6.07) is -0.542. The number of rotatable bonds is 56. The molecule has 0 aliphatic carbocycles. The molecule has 0 rings (SSSR count). The molecule has 0 aromatic rings. The Balaban J connectivity index is 3.40. The lowest BCUT2D eigenvalue weighted by Crippen LogP contribution is -2.45. The number of aliphatic hydroxyl groups excluding tert-OH is 2. The number of hydrogen-bond donors (Lipinski definition) is 3. The standard InChI is InChI=1S/C59H117NO5/c1-3-5-7-9-11-13-15-16-17-18-22-25-28-32-35-39-43-47-51-57(62)56(55-61)60-58(63)52-48-44-40-36-33-29-26-23-20-19-21-24-27-30-34-38-42-46-50-54-65-59(64)53-49-45-41-37-31-14-12-10-8-6-4-2/h56-57,61-62H,3-55H2,1-2H3,(H,60,63). The second kappa shape index (κ2) is 55.5. The van der Waals surface area contributed by atoms with Crippen LogP contribution in [0, 0.1) is 0 Å². The lowest BCUT2D eigenvalue weighted by atomic mass is 10.0. The van der Waals surface area contributed by atoms with Crippen molar-refractivity contribution in [1.29, 1.82) is 0 Å². The minimum atomic E-state index is -0.665. The molecule has 0 aromatic carbocycles. The van der Waals surface area contributed by atoms with Gasteiger partial charge in [0.1, 0.15) is 0 Å². The Morgan fingerprint density at radius 1 is 0.369 bits per heavy atom. The van der Waals surface area contributed by atoms with Crippen LogP contribution in [-0.2, 0) is 14.3 Å². The highest BCUT2D eigenvalue weighted by Gasteiger charge is 2.20. The smallest absolute Gasteiger partial charge is 0.305 e. The van der Waals surface area contributed by atoms with Crippen molar-refractivity contribution >= 4 is 11.9 Å². The molecule has 65 heavy (non-hydrogen) atoms. The van der Waals surface area contributed by atoms with Gasteiger partial charge in [-0.3, -0.25) is 9.59 Å². The van der Waals surface area contributed by atoms with Crippen LogP contribution < -0.4 is 5.32 Å². The van der Waals surface area contributed by atoms with E-state index in [1.165, 1.54) is 270 Å². The molecule has 0 bridgehead atoms. The number of hydrogen-bond acceptors (Lipinski definition) is 5. The number of nitrogens with one attached hydrogen (secondary N) is 1. The molecule has 1 amide bonds. The Morgan fingerprint density at radius 3 is 0.938 bits per heavy atom. The normalized spacial score (nSPS) is 12.5. The highest BCUT2D eigenvalue weighted by molar-refractivity contribution is 5.76. The maximum absolute atomic E-state index is 12.5. The largest absolute Gasteiger partial charge is 0.466 e. The lowest BCUT2D eigenvalue weighted by Gasteiger charge is -2.22. The van der Waals surface area contributed by atoms with E-state index < -0.39 is 12.1 Å². The van der Waals surface area contributed by atoms with Crippen molar-refractivity contribution in [1.82, 2.24) is 5.32 Å². The SMILES string of the molecule is CCCCCCCCCCCCCCCCCCCCC(O)C(CO)NC(=O)CCCCCCCCCCCCCCCCCCCCCOC(=O)CCCCCCCCCCCCC. The molecule has 0 saturated heterocycles. The predicted molar refractivity (Wildman–Crippen MR) is 283 cm³/mol. The summed E-state index contributed by atoms with van der Waals surface area (Å²) in [4.78, 5) is 24.5. The minimum absolute atomic E-state index is 0.00976. The first-order chi connectivity index (χ1) is 32.0. The van der Waals surface area contributed by atoms with Crippen LogP contribution in [0.4, 0.5) is 0 Å². The minimum Gasteiger partial charge on any atom is -0.466 e. The van der Waals surface area contributed by atoms with Crippen molar-refractivity contribution in [2.75, 3.05) is 13.2 Å². The fraction of sp³-hybridized carbons (Fsp3) is 0.966. The van der Waals surface area contributed by atoms with Gasteiger partial charge in [-0.2, -0.15) is 0 Å². The molecule has 0 radical (unpaired) electrons. The molecule has 0 aromatic heterocycles. The van der Waals surface area contributed by atoms with Gasteiger partial charge in [0.25, 0.3) is 0 Å². The van der Waals surface area contributed by atoms with Crippen molar-refractivity contribution in [3.8, 4) is 0 Å². The fourth-order valence-electron chi connectivity index (χ4n) is 9.58. The molecular formula is C59H117NO5. The van der Waals surface area contributed by atoms with E-state index in [0.717, 1.165) is 38.5 Å². The van der Waals surface area contributed by atoms with Crippen molar-refractivity contribution in [2.45, 2.75) is 353 Å². The van der Waals surface area contributed by atoms with Gasteiger partial charge in [0.15, 0.2) is 0 Å². The summed E-state index contributed by atoms with van der Waals surface area (Å²) in [6.07, 6.45) is 63.8. The van der Waals surface area contributed by atoms with Gasteiger partial charge in [0.05, 0.1) is 25.4 Å². The molecule has 0 saturated carbocycles. The van der Waals surface area contributed by atoms with Gasteiger partial charge in [-0.15, -0.1) is 0 Å². The highest BCUT2D eigenvalue weighted by Crippen LogP contribution is 2.18. The lowest BCUT2D eigenvalue weighted by molar-refractivity contribution is -0.143. The first kappa shape index (κ1) is 63.9. The Morgan fingerprint density at radius 2 is 0.631 bits per heavy atom. The van der Waals surface area contributed by atoms with Gasteiger partial charge >= 0.3 is 5.97 Å².